The smallest absolute Gasteiger partial charge is 0.370 e. The van der Waals surface area contributed by atoms with E-state index in [0.717, 1.165) is 0 Å². The molecule has 6 aromatic rings. The molecule has 0 saturated carbocycles. The molecule has 11 rings (SSSR count). The van der Waals surface area contributed by atoms with Crippen molar-refractivity contribution in [3.63, 3.8) is 0 Å². The minimum absolute atomic E-state index is 0.344. The van der Waals surface area contributed by atoms with E-state index in [1.54, 1.807) is 182 Å². The van der Waals surface area contributed by atoms with E-state index >= 15 is 4.79 Å². The van der Waals surface area contributed by atoms with Crippen LogP contribution in [-0.4, -0.2) is 227 Å². The lowest BCUT2D eigenvalue weighted by atomic mass is 9.43. The van der Waals surface area contributed by atoms with Crippen molar-refractivity contribution in [3.05, 3.63) is 215 Å². The molecule has 5 aliphatic rings. The zero-order valence-electron chi connectivity index (χ0n) is 47.0. The lowest BCUT2D eigenvalue weighted by molar-refractivity contribution is -0.412. The van der Waals surface area contributed by atoms with E-state index in [9.17, 15) is 66.4 Å². The van der Waals surface area contributed by atoms with Crippen LogP contribution in [0.15, 0.2) is 182 Å². The van der Waals surface area contributed by atoms with Gasteiger partial charge in [-0.2, -0.15) is 9.78 Å². The van der Waals surface area contributed by atoms with Gasteiger partial charge in [0.2, 0.25) is 5.79 Å². The van der Waals surface area contributed by atoms with Gasteiger partial charge in [0.1, 0.15) is 86.0 Å². The summed E-state index contributed by atoms with van der Waals surface area (Å²) in [6, 6.07) is 52.4. The topological polar surface area (TPSA) is 379 Å². The molecule has 13 N–H and O–H groups in total. The van der Waals surface area contributed by atoms with E-state index in [2.05, 4.69) is 0 Å². The van der Waals surface area contributed by atoms with Crippen molar-refractivity contribution in [2.75, 3.05) is 33.0 Å². The van der Waals surface area contributed by atoms with E-state index in [0.29, 0.717) is 33.4 Å². The van der Waals surface area contributed by atoms with Crippen LogP contribution in [0.5, 0.6) is 0 Å². The Hall–Kier alpha value is -6.09. The second-order valence-electron chi connectivity index (χ2n) is 22.3. The molecule has 470 valence electrons. The number of carbonyl (C=O) groups excluding carboxylic acids is 1. The predicted octanol–water partition coefficient (Wildman–Crippen LogP) is -1.10. The maximum Gasteiger partial charge on any atom is 0.370 e. The Kier molecular flexibility index (Phi) is 18.8. The van der Waals surface area contributed by atoms with Gasteiger partial charge in [0.05, 0.1) is 37.3 Å². The summed E-state index contributed by atoms with van der Waals surface area (Å²) in [5.74, 6) is -3.82. The first-order valence-electron chi connectivity index (χ1n) is 28.6. The summed E-state index contributed by atoms with van der Waals surface area (Å²) >= 11 is 0. The largest absolute Gasteiger partial charge is 0.447 e. The van der Waals surface area contributed by atoms with Gasteiger partial charge in [0, 0.05) is 0 Å². The number of rotatable bonds is 21. The van der Waals surface area contributed by atoms with Crippen LogP contribution in [0.1, 0.15) is 33.4 Å². The highest BCUT2D eigenvalue weighted by molar-refractivity contribution is 5.77. The average Bonchev–Trinajstić information content (AvgIpc) is 1.40. The Bertz CT molecular complexity index is 3020. The lowest BCUT2D eigenvalue weighted by Crippen LogP contribution is -2.86. The second kappa shape index (κ2) is 26.0. The fourth-order valence-corrected chi connectivity index (χ4v) is 13.6. The minimum atomic E-state index is -2.92. The van der Waals surface area contributed by atoms with Crippen molar-refractivity contribution < 1.29 is 119 Å². The summed E-state index contributed by atoms with van der Waals surface area (Å²) in [7, 11) is 0. The van der Waals surface area contributed by atoms with Crippen molar-refractivity contribution >= 4 is 5.97 Å². The summed E-state index contributed by atoms with van der Waals surface area (Å²) in [4.78, 5) is 25.6. The molecule has 5 fully saturated rings. The van der Waals surface area contributed by atoms with Crippen molar-refractivity contribution in [2.24, 2.45) is 0 Å². The molecule has 6 aromatic carbocycles. The van der Waals surface area contributed by atoms with Crippen LogP contribution in [0.4, 0.5) is 0 Å². The lowest BCUT2D eigenvalue weighted by Gasteiger charge is -2.68. The van der Waals surface area contributed by atoms with Crippen molar-refractivity contribution in [1.29, 1.82) is 0 Å². The number of hydrogen-bond donors (Lipinski definition) is 13. The average molecular weight is 1220 g/mol. The fraction of sp³-hybridized carbons (Fsp3) is 0.422. The molecule has 5 heterocycles. The van der Waals surface area contributed by atoms with Gasteiger partial charge >= 0.3 is 12.3 Å². The molecule has 24 nitrogen and oxygen atoms in total. The Labute approximate surface area is 503 Å². The number of ether oxygens (including phenoxy) is 8. The van der Waals surface area contributed by atoms with Crippen LogP contribution in [0.3, 0.4) is 0 Å². The van der Waals surface area contributed by atoms with Gasteiger partial charge in [-0.25, -0.2) is 4.79 Å². The monoisotopic (exact) mass is 1220 g/mol. The van der Waals surface area contributed by atoms with E-state index < -0.39 is 171 Å². The third-order valence-electron chi connectivity index (χ3n) is 17.6. The summed E-state index contributed by atoms with van der Waals surface area (Å²) in [6.45, 7) is -5.21. The van der Waals surface area contributed by atoms with Crippen LogP contribution in [0.2, 0.25) is 0 Å². The minimum Gasteiger partial charge on any atom is -0.447 e. The SMILES string of the molecule is O=C(O[C@]1(C(c2ccccc2)(c2ccccc2)c2ccccc2)[C@H](O)[C@@H](O)[C@@H](OC[C@H]2O[C@H](O[C@H]3[C@@H](O[C@]4(CO)O[C@H](CO)[C@@H](O)[C@@H]4O)O[C@H](CO)[C@@H](O)[C@@H]3O)[C@H](O)[C@@H](O)[C@H]2O)O[C@@]1(CO)C(c1ccccc1)(c1ccccc1)c1ccccc1)C1OO1. The number of carbonyl (C=O) groups is 1. The molecule has 0 aliphatic carbocycles. The van der Waals surface area contributed by atoms with Crippen LogP contribution in [0, 0.1) is 0 Å². The van der Waals surface area contributed by atoms with Crippen molar-refractivity contribution in [3.8, 4) is 0 Å². The van der Waals surface area contributed by atoms with Gasteiger partial charge in [-0.15, -0.1) is 0 Å². The number of benzene rings is 6. The molecule has 88 heavy (non-hydrogen) atoms. The highest BCUT2D eigenvalue weighted by atomic mass is 17.4. The summed E-state index contributed by atoms with van der Waals surface area (Å²) in [5.41, 5.74) is -7.68. The molecule has 0 aromatic heterocycles. The summed E-state index contributed by atoms with van der Waals surface area (Å²) < 4.78 is 50.6. The molecule has 5 aliphatic heterocycles. The zero-order chi connectivity index (χ0) is 62.2. The van der Waals surface area contributed by atoms with Gasteiger partial charge < -0.3 is 104 Å². The number of aliphatic hydroxyl groups excluding tert-OH is 13. The van der Waals surface area contributed by atoms with E-state index in [1.807, 2.05) is 0 Å². The summed E-state index contributed by atoms with van der Waals surface area (Å²) in [6.07, 6.45) is -34.6. The molecule has 0 spiro atoms. The maximum atomic E-state index is 15.3. The molecule has 0 amide bonds. The van der Waals surface area contributed by atoms with Crippen LogP contribution < -0.4 is 0 Å². The zero-order valence-corrected chi connectivity index (χ0v) is 47.0. The third kappa shape index (κ3) is 10.4. The number of aliphatic hydroxyl groups is 13. The Balaban J connectivity index is 1.08. The molecule has 0 unspecified atom stereocenters. The highest BCUT2D eigenvalue weighted by Crippen LogP contribution is 2.66. The van der Waals surface area contributed by atoms with Gasteiger partial charge in [0.15, 0.2) is 30.1 Å². The van der Waals surface area contributed by atoms with E-state index in [1.165, 1.54) is 0 Å². The molecule has 0 radical (unpaired) electrons. The first-order valence-corrected chi connectivity index (χ1v) is 28.6. The predicted molar refractivity (Wildman–Crippen MR) is 300 cm³/mol. The standard InChI is InChI=1S/C64H70O24/c65-31-42-45(69)49(73)52(58(80-42)85-60(34-67)53(76)47(71)43(32-66)83-60)82-57-50(74)48(72)46(70)44(81-57)33-79-56-51(75)54(77)64(84-55(78)59-87-88-59,63(39-25-13-4-14-26-39,40-27-15-5-16-28-40)41-29-17-6-18-30-41)61(35-68,86-56)62(36-19-7-1-8-20-36,37-21-9-2-10-22-37)38-23-11-3-12-24-38/h1-30,42-54,56-59,65-77H,31-35H2/t42-,43-,44-,45-,46+,47-,48+,49+,50-,51-,52-,53+,54-,56+,57-,58-,60+,61+,64-/m1/s1. The Morgan fingerprint density at radius 1 is 0.432 bits per heavy atom. The Morgan fingerprint density at radius 3 is 1.27 bits per heavy atom. The van der Waals surface area contributed by atoms with Crippen molar-refractivity contribution in [2.45, 2.75) is 132 Å². The van der Waals surface area contributed by atoms with E-state index in [4.69, 9.17) is 47.7 Å². The quantitative estimate of drug-likeness (QED) is 0.0176. The van der Waals surface area contributed by atoms with Crippen LogP contribution in [-0.2, 0) is 63.3 Å². The van der Waals surface area contributed by atoms with E-state index in [-0.39, 0.29) is 0 Å². The highest BCUT2D eigenvalue weighted by Gasteiger charge is 2.82. The molecular weight excluding hydrogens is 1150 g/mol. The van der Waals surface area contributed by atoms with Crippen molar-refractivity contribution in [1.82, 2.24) is 0 Å². The first-order chi connectivity index (χ1) is 42.5. The van der Waals surface area contributed by atoms with Gasteiger partial charge in [0.25, 0.3) is 0 Å². The molecule has 0 bridgehead atoms. The number of esters is 1. The molecular formula is C64H70O24. The maximum absolute atomic E-state index is 15.3. The first kappa shape index (κ1) is 63.5. The van der Waals surface area contributed by atoms with Crippen LogP contribution in [0.25, 0.3) is 0 Å². The Morgan fingerprint density at radius 2 is 0.864 bits per heavy atom. The van der Waals surface area contributed by atoms with Gasteiger partial charge in [-0.05, 0) is 33.4 Å². The number of hydrogen-bond acceptors (Lipinski definition) is 24. The summed E-state index contributed by atoms with van der Waals surface area (Å²) in [5, 5.41) is 151. The third-order valence-corrected chi connectivity index (χ3v) is 17.6. The van der Waals surface area contributed by atoms with Crippen LogP contribution >= 0.6 is 0 Å². The van der Waals surface area contributed by atoms with Gasteiger partial charge in [-0.1, -0.05) is 182 Å². The van der Waals surface area contributed by atoms with Gasteiger partial charge in [-0.3, -0.25) is 0 Å². The fourth-order valence-electron chi connectivity index (χ4n) is 13.6. The second-order valence-corrected chi connectivity index (χ2v) is 22.3. The molecule has 19 atom stereocenters. The molecule has 5 saturated heterocycles. The normalized spacial score (nSPS) is 35.3. The molecule has 24 heteroatoms.